The summed E-state index contributed by atoms with van der Waals surface area (Å²) in [6.07, 6.45) is 1.47. The van der Waals surface area contributed by atoms with E-state index >= 15 is 0 Å². The van der Waals surface area contributed by atoms with Crippen molar-refractivity contribution in [1.82, 2.24) is 0 Å². The van der Waals surface area contributed by atoms with E-state index < -0.39 is 0 Å². The van der Waals surface area contributed by atoms with Crippen molar-refractivity contribution in [2.45, 2.75) is 6.92 Å². The van der Waals surface area contributed by atoms with Crippen molar-refractivity contribution >= 4 is 23.0 Å². The first-order chi connectivity index (χ1) is 5.04. The van der Waals surface area contributed by atoms with Crippen LogP contribution in [0, 0.1) is 10.8 Å². The molecule has 0 saturated carbocycles. The molecule has 0 radical (unpaired) electrons. The van der Waals surface area contributed by atoms with Crippen molar-refractivity contribution in [3.05, 3.63) is 22.4 Å². The Balaban J connectivity index is 3.22. The lowest BCUT2D eigenvalue weighted by Gasteiger charge is -2.11. The van der Waals surface area contributed by atoms with Gasteiger partial charge in [0, 0.05) is 0 Å². The smallest absolute Gasteiger partial charge is 0.145 e. The molecule has 0 saturated heterocycles. The molecule has 0 spiro atoms. The Morgan fingerprint density at radius 3 is 2.45 bits per heavy atom. The molecule has 1 aliphatic carbocycles. The molecule has 0 amide bonds. The van der Waals surface area contributed by atoms with E-state index in [2.05, 4.69) is 0 Å². The van der Waals surface area contributed by atoms with Gasteiger partial charge < -0.3 is 5.11 Å². The van der Waals surface area contributed by atoms with Crippen LogP contribution in [-0.4, -0.2) is 16.5 Å². The lowest BCUT2D eigenvalue weighted by atomic mass is 10.0. The third-order valence-corrected chi connectivity index (χ3v) is 1.74. The average molecular weight is 171 g/mol. The summed E-state index contributed by atoms with van der Waals surface area (Å²) in [5.41, 5.74) is 0.181. The van der Waals surface area contributed by atoms with Crippen molar-refractivity contribution in [3.8, 4) is 0 Å². The fourth-order valence-corrected chi connectivity index (χ4v) is 1.02. The largest absolute Gasteiger partial charge is 0.505 e. The summed E-state index contributed by atoms with van der Waals surface area (Å²) in [5, 5.41) is 23.8. The van der Waals surface area contributed by atoms with Gasteiger partial charge in [0.2, 0.25) is 0 Å². The molecule has 4 heteroatoms. The van der Waals surface area contributed by atoms with Crippen LogP contribution in [-0.2, 0) is 0 Å². The second-order valence-electron chi connectivity index (χ2n) is 2.27. The second-order valence-corrected chi connectivity index (χ2v) is 2.68. The van der Waals surface area contributed by atoms with E-state index in [9.17, 15) is 0 Å². The molecule has 3 N–H and O–H groups in total. The van der Waals surface area contributed by atoms with E-state index in [0.717, 1.165) is 0 Å². The Kier molecular flexibility index (Phi) is 1.83. The molecule has 0 aromatic heterocycles. The number of hydrogen-bond acceptors (Lipinski definition) is 3. The predicted molar refractivity (Wildman–Crippen MR) is 44.7 cm³/mol. The van der Waals surface area contributed by atoms with Crippen LogP contribution in [0.4, 0.5) is 0 Å². The minimum atomic E-state index is -0.213. The standard InChI is InChI=1S/C7H7ClN2O/c1-3-2-4(8)5(9)6(10)7(3)11/h2,9-11H,1H3. The lowest BCUT2D eigenvalue weighted by Crippen LogP contribution is -2.19. The quantitative estimate of drug-likeness (QED) is 0.478. The van der Waals surface area contributed by atoms with Gasteiger partial charge in [-0.05, 0) is 18.6 Å². The molecule has 0 atom stereocenters. The number of aliphatic hydroxyl groups is 1. The number of hydrogen-bond donors (Lipinski definition) is 3. The fraction of sp³-hybridized carbons (Fsp3) is 0.143. The van der Waals surface area contributed by atoms with Crippen molar-refractivity contribution in [2.24, 2.45) is 0 Å². The van der Waals surface area contributed by atoms with Gasteiger partial charge in [0.25, 0.3) is 0 Å². The first kappa shape index (κ1) is 8.01. The predicted octanol–water partition coefficient (Wildman–Crippen LogP) is 1.99. The summed E-state index contributed by atoms with van der Waals surface area (Å²) >= 11 is 5.57. The summed E-state index contributed by atoms with van der Waals surface area (Å²) in [6.45, 7) is 1.64. The highest BCUT2D eigenvalue weighted by atomic mass is 35.5. The van der Waals surface area contributed by atoms with Gasteiger partial charge in [-0.3, -0.25) is 10.8 Å². The number of rotatable bonds is 0. The highest BCUT2D eigenvalue weighted by Crippen LogP contribution is 2.19. The molecule has 0 aliphatic heterocycles. The van der Waals surface area contributed by atoms with Gasteiger partial charge in [0.15, 0.2) is 0 Å². The van der Waals surface area contributed by atoms with E-state index in [-0.39, 0.29) is 22.2 Å². The topological polar surface area (TPSA) is 67.9 Å². The summed E-state index contributed by atoms with van der Waals surface area (Å²) in [6, 6.07) is 0. The van der Waals surface area contributed by atoms with Gasteiger partial charge in [-0.25, -0.2) is 0 Å². The molecule has 0 aromatic carbocycles. The van der Waals surface area contributed by atoms with E-state index in [1.807, 2.05) is 0 Å². The van der Waals surface area contributed by atoms with Crippen LogP contribution in [0.3, 0.4) is 0 Å². The van der Waals surface area contributed by atoms with Crippen LogP contribution in [0.5, 0.6) is 0 Å². The zero-order valence-corrected chi connectivity index (χ0v) is 6.66. The van der Waals surface area contributed by atoms with Gasteiger partial charge in [0.05, 0.1) is 5.03 Å². The van der Waals surface area contributed by atoms with Gasteiger partial charge in [-0.1, -0.05) is 11.6 Å². The molecule has 3 nitrogen and oxygen atoms in total. The summed E-state index contributed by atoms with van der Waals surface area (Å²) in [7, 11) is 0. The van der Waals surface area contributed by atoms with Crippen molar-refractivity contribution in [2.75, 3.05) is 0 Å². The highest BCUT2D eigenvalue weighted by Gasteiger charge is 2.19. The summed E-state index contributed by atoms with van der Waals surface area (Å²) in [5.74, 6) is -0.167. The van der Waals surface area contributed by atoms with Crippen LogP contribution in [0.25, 0.3) is 0 Å². The molecule has 0 fully saturated rings. The van der Waals surface area contributed by atoms with Crippen molar-refractivity contribution < 1.29 is 5.11 Å². The van der Waals surface area contributed by atoms with Crippen LogP contribution in [0.15, 0.2) is 22.4 Å². The molecule has 0 heterocycles. The fourth-order valence-electron chi connectivity index (χ4n) is 0.766. The Bertz CT molecular complexity index is 298. The molecule has 0 unspecified atom stereocenters. The van der Waals surface area contributed by atoms with E-state index in [4.69, 9.17) is 27.5 Å². The second kappa shape index (κ2) is 2.51. The third kappa shape index (κ3) is 1.19. The Hall–Kier alpha value is -1.09. The van der Waals surface area contributed by atoms with E-state index in [1.165, 1.54) is 6.08 Å². The zero-order chi connectivity index (χ0) is 8.59. The SMILES string of the molecule is CC1=C(O)C(=N)C(=N)C(Cl)=C1. The molecule has 0 bridgehead atoms. The van der Waals surface area contributed by atoms with Crippen LogP contribution in [0.1, 0.15) is 6.92 Å². The Labute approximate surface area is 69.0 Å². The molecule has 1 aliphatic rings. The van der Waals surface area contributed by atoms with Crippen LogP contribution < -0.4 is 0 Å². The van der Waals surface area contributed by atoms with Gasteiger partial charge in [-0.2, -0.15) is 0 Å². The summed E-state index contributed by atoms with van der Waals surface area (Å²) in [4.78, 5) is 0. The molecular weight excluding hydrogens is 164 g/mol. The number of nitrogens with one attached hydrogen (secondary N) is 2. The Morgan fingerprint density at radius 1 is 1.36 bits per heavy atom. The van der Waals surface area contributed by atoms with Crippen molar-refractivity contribution in [1.29, 1.82) is 10.8 Å². The number of aliphatic hydroxyl groups excluding tert-OH is 1. The number of allylic oxidation sites excluding steroid dienone is 4. The molecule has 0 aromatic rings. The maximum Gasteiger partial charge on any atom is 0.145 e. The maximum absolute atomic E-state index is 9.15. The monoisotopic (exact) mass is 170 g/mol. The minimum absolute atomic E-state index is 0.130. The van der Waals surface area contributed by atoms with Crippen LogP contribution in [0.2, 0.25) is 0 Å². The van der Waals surface area contributed by atoms with Crippen LogP contribution >= 0.6 is 11.6 Å². The molecule has 1 rings (SSSR count). The normalized spacial score (nSPS) is 18.9. The zero-order valence-electron chi connectivity index (χ0n) is 5.90. The molecular formula is C7H7ClN2O. The van der Waals surface area contributed by atoms with Gasteiger partial charge in [0.1, 0.15) is 17.2 Å². The van der Waals surface area contributed by atoms with E-state index in [1.54, 1.807) is 6.92 Å². The lowest BCUT2D eigenvalue weighted by molar-refractivity contribution is 0.438. The maximum atomic E-state index is 9.15. The van der Waals surface area contributed by atoms with E-state index in [0.29, 0.717) is 5.57 Å². The number of halogens is 1. The third-order valence-electron chi connectivity index (χ3n) is 1.44. The van der Waals surface area contributed by atoms with Gasteiger partial charge >= 0.3 is 0 Å². The minimum Gasteiger partial charge on any atom is -0.505 e. The first-order valence-electron chi connectivity index (χ1n) is 2.99. The Morgan fingerprint density at radius 2 is 1.91 bits per heavy atom. The summed E-state index contributed by atoms with van der Waals surface area (Å²) < 4.78 is 0. The van der Waals surface area contributed by atoms with Crippen molar-refractivity contribution in [3.63, 3.8) is 0 Å². The average Bonchev–Trinajstić information content (AvgIpc) is 1.97. The molecule has 11 heavy (non-hydrogen) atoms. The van der Waals surface area contributed by atoms with Gasteiger partial charge in [-0.15, -0.1) is 0 Å². The highest BCUT2D eigenvalue weighted by molar-refractivity contribution is 6.63. The first-order valence-corrected chi connectivity index (χ1v) is 3.37. The molecule has 58 valence electrons.